The molecule has 0 unspecified atom stereocenters. The zero-order chi connectivity index (χ0) is 25.9. The van der Waals surface area contributed by atoms with Crippen LogP contribution < -0.4 is 21.5 Å². The largest absolute Gasteiger partial charge is 0.489 e. The maximum atomic E-state index is 12.8. The van der Waals surface area contributed by atoms with Crippen molar-refractivity contribution in [3.63, 3.8) is 0 Å². The smallest absolute Gasteiger partial charge is 0.362 e. The molecule has 1 fully saturated rings. The number of β-lactam (4-membered cyclic amide) rings is 1. The van der Waals surface area contributed by atoms with Crippen LogP contribution >= 0.6 is 27.3 Å². The van der Waals surface area contributed by atoms with E-state index in [-0.39, 0.29) is 39.9 Å². The summed E-state index contributed by atoms with van der Waals surface area (Å²) in [5.41, 5.74) is 11.4. The first-order chi connectivity index (χ1) is 16.4. The van der Waals surface area contributed by atoms with Gasteiger partial charge in [0.05, 0.1) is 10.5 Å². The lowest BCUT2D eigenvalue weighted by Gasteiger charge is -2.42. The molecule has 7 N–H and O–H groups in total. The van der Waals surface area contributed by atoms with Gasteiger partial charge in [0.15, 0.2) is 17.5 Å². The van der Waals surface area contributed by atoms with Gasteiger partial charge in [0.1, 0.15) is 29.9 Å². The van der Waals surface area contributed by atoms with E-state index in [0.717, 1.165) is 11.3 Å². The fourth-order valence-corrected chi connectivity index (χ4v) is 4.92. The molecular weight excluding hydrogens is 570 g/mol. The number of carbonyl (C=O) groups excluding carboxylic acids is 2. The molecule has 0 spiro atoms. The number of nitrogens with one attached hydrogen (secondary N) is 2. The lowest BCUT2D eigenvalue weighted by atomic mass is 10.0. The number of hydrogen-bond acceptors (Lipinski definition) is 11. The molecule has 1 aromatic heterocycles. The van der Waals surface area contributed by atoms with Crippen LogP contribution in [0.5, 0.6) is 5.75 Å². The van der Waals surface area contributed by atoms with Crippen LogP contribution in [0.4, 0.5) is 5.13 Å². The molecule has 2 aromatic rings. The molecule has 2 atom stereocenters. The number of oxime groups is 1. The first-order valence-corrected chi connectivity index (χ1v) is 12.8. The summed E-state index contributed by atoms with van der Waals surface area (Å²) in [6.45, 7) is 1.30. The summed E-state index contributed by atoms with van der Waals surface area (Å²) in [6, 6.07) is 2.64. The van der Waals surface area contributed by atoms with Crippen molar-refractivity contribution in [2.24, 2.45) is 10.9 Å². The number of thiazole rings is 1. The molecule has 35 heavy (non-hydrogen) atoms. The number of aromatic nitrogens is 1. The molecule has 1 aliphatic rings. The lowest BCUT2D eigenvalue weighted by Crippen LogP contribution is -2.71. The highest BCUT2D eigenvalue weighted by atomic mass is 79.9. The summed E-state index contributed by atoms with van der Waals surface area (Å²) in [7, 11) is -4.74. The summed E-state index contributed by atoms with van der Waals surface area (Å²) >= 11 is 4.37. The number of halogens is 1. The van der Waals surface area contributed by atoms with Gasteiger partial charge in [-0.1, -0.05) is 5.16 Å². The van der Waals surface area contributed by atoms with E-state index < -0.39 is 34.2 Å². The van der Waals surface area contributed by atoms with Gasteiger partial charge in [-0.25, -0.2) is 9.29 Å². The van der Waals surface area contributed by atoms with Crippen molar-refractivity contribution >= 4 is 66.1 Å². The quantitative estimate of drug-likeness (QED) is 0.0626. The fraction of sp³-hybridized carbons (Fsp3) is 0.278. The van der Waals surface area contributed by atoms with Crippen molar-refractivity contribution < 1.29 is 32.1 Å². The Labute approximate surface area is 211 Å². The molecule has 0 aliphatic carbocycles. The van der Waals surface area contributed by atoms with E-state index in [1.807, 2.05) is 0 Å². The van der Waals surface area contributed by atoms with Gasteiger partial charge in [-0.2, -0.15) is 8.42 Å². The molecule has 0 radical (unpaired) electrons. The minimum absolute atomic E-state index is 0.0388. The van der Waals surface area contributed by atoms with E-state index in [4.69, 9.17) is 31.0 Å². The van der Waals surface area contributed by atoms with Gasteiger partial charge >= 0.3 is 10.3 Å². The SMILES string of the molecule is C[C@H]1[C@H](NC(=O)C(=NOCCOc2ccc(C(=N)N)cc2Br)c2csc(N)n2)C(=O)N1S(=O)(=O)O. The normalized spacial score (nSPS) is 18.1. The average Bonchev–Trinajstić information content (AvgIpc) is 3.20. The van der Waals surface area contributed by atoms with Gasteiger partial charge in [0, 0.05) is 10.9 Å². The number of ether oxygens (including phenoxy) is 1. The third-order valence-corrected chi connectivity index (χ3v) is 6.98. The van der Waals surface area contributed by atoms with Crippen molar-refractivity contribution in [3.8, 4) is 5.75 Å². The van der Waals surface area contributed by atoms with E-state index in [9.17, 15) is 18.0 Å². The summed E-state index contributed by atoms with van der Waals surface area (Å²) in [6.07, 6.45) is 0. The minimum Gasteiger partial charge on any atom is -0.489 e. The van der Waals surface area contributed by atoms with Crippen molar-refractivity contribution in [2.45, 2.75) is 19.0 Å². The number of anilines is 1. The third-order valence-electron chi connectivity index (χ3n) is 4.68. The zero-order valence-electron chi connectivity index (χ0n) is 18.0. The van der Waals surface area contributed by atoms with E-state index in [0.29, 0.717) is 15.8 Å². The molecule has 3 rings (SSSR count). The Hall–Kier alpha value is -3.28. The van der Waals surface area contributed by atoms with Crippen LogP contribution in [0.2, 0.25) is 0 Å². The van der Waals surface area contributed by atoms with Crippen LogP contribution in [0.3, 0.4) is 0 Å². The number of hydrogen-bond donors (Lipinski definition) is 5. The molecule has 17 heteroatoms. The topological polar surface area (TPSA) is 223 Å². The predicted molar refractivity (Wildman–Crippen MR) is 129 cm³/mol. The van der Waals surface area contributed by atoms with Crippen molar-refractivity contribution in [3.05, 3.63) is 39.3 Å². The van der Waals surface area contributed by atoms with Gasteiger partial charge in [-0.15, -0.1) is 11.3 Å². The van der Waals surface area contributed by atoms with Gasteiger partial charge < -0.3 is 26.4 Å². The van der Waals surface area contributed by atoms with Crippen LogP contribution in [0.25, 0.3) is 0 Å². The number of amides is 2. The van der Waals surface area contributed by atoms with Crippen molar-refractivity contribution in [1.29, 1.82) is 5.41 Å². The Morgan fingerprint density at radius 3 is 2.69 bits per heavy atom. The average molecular weight is 590 g/mol. The molecule has 2 amide bonds. The van der Waals surface area contributed by atoms with Gasteiger partial charge in [0.25, 0.3) is 11.8 Å². The van der Waals surface area contributed by atoms with Crippen LogP contribution in [0.15, 0.2) is 33.2 Å². The number of carbonyl (C=O) groups is 2. The first-order valence-electron chi connectivity index (χ1n) is 9.69. The molecule has 1 saturated heterocycles. The maximum Gasteiger partial charge on any atom is 0.362 e. The third kappa shape index (κ3) is 6.05. The predicted octanol–water partition coefficient (Wildman–Crippen LogP) is 0.0899. The highest BCUT2D eigenvalue weighted by Crippen LogP contribution is 2.26. The lowest BCUT2D eigenvalue weighted by molar-refractivity contribution is -0.143. The van der Waals surface area contributed by atoms with Gasteiger partial charge in [0.2, 0.25) is 0 Å². The van der Waals surface area contributed by atoms with Gasteiger partial charge in [-0.05, 0) is 41.1 Å². The number of nitrogen functional groups attached to an aromatic ring is 2. The molecule has 14 nitrogen and oxygen atoms in total. The number of nitrogens with zero attached hydrogens (tertiary/aromatic N) is 3. The molecule has 1 aliphatic heterocycles. The summed E-state index contributed by atoms with van der Waals surface area (Å²) in [5.74, 6) is -1.49. The Morgan fingerprint density at radius 2 is 2.14 bits per heavy atom. The summed E-state index contributed by atoms with van der Waals surface area (Å²) in [4.78, 5) is 34.0. The zero-order valence-corrected chi connectivity index (χ0v) is 21.2. The van der Waals surface area contributed by atoms with Crippen molar-refractivity contribution in [1.82, 2.24) is 14.6 Å². The summed E-state index contributed by atoms with van der Waals surface area (Å²) < 4.78 is 38.0. The van der Waals surface area contributed by atoms with Crippen LogP contribution in [-0.2, 0) is 24.7 Å². The molecule has 2 heterocycles. The summed E-state index contributed by atoms with van der Waals surface area (Å²) in [5, 5.41) is 15.2. The Morgan fingerprint density at radius 1 is 1.43 bits per heavy atom. The Balaban J connectivity index is 1.64. The number of nitrogens with two attached hydrogens (primary N) is 2. The molecule has 0 bridgehead atoms. The fourth-order valence-electron chi connectivity index (χ4n) is 3.00. The van der Waals surface area contributed by atoms with Crippen molar-refractivity contribution in [2.75, 3.05) is 18.9 Å². The van der Waals surface area contributed by atoms with E-state index >= 15 is 0 Å². The molecular formula is C18H20BrN7O7S2. The van der Waals surface area contributed by atoms with Crippen LogP contribution in [-0.4, -0.2) is 70.9 Å². The molecule has 188 valence electrons. The maximum absolute atomic E-state index is 12.8. The van der Waals surface area contributed by atoms with Crippen LogP contribution in [0.1, 0.15) is 18.2 Å². The monoisotopic (exact) mass is 589 g/mol. The second-order valence-electron chi connectivity index (χ2n) is 7.06. The second-order valence-corrected chi connectivity index (χ2v) is 10.1. The van der Waals surface area contributed by atoms with Crippen LogP contribution in [0, 0.1) is 5.41 Å². The first kappa shape index (κ1) is 26.3. The second kappa shape index (κ2) is 10.5. The minimum atomic E-state index is -4.74. The Bertz CT molecular complexity index is 1300. The van der Waals surface area contributed by atoms with E-state index in [2.05, 4.69) is 31.4 Å². The van der Waals surface area contributed by atoms with E-state index in [1.54, 1.807) is 18.2 Å². The molecule has 0 saturated carbocycles. The highest BCUT2D eigenvalue weighted by Gasteiger charge is 2.51. The van der Waals surface area contributed by atoms with Gasteiger partial charge in [-0.3, -0.25) is 19.6 Å². The highest BCUT2D eigenvalue weighted by molar-refractivity contribution is 9.10. The number of rotatable bonds is 10. The standard InChI is InChI=1S/C18H20BrN7O7S2/c1-8-13(17(28)26(8)35(29,30)31)24-16(27)14(11-7-34-18(22)23-11)25-33-5-4-32-12-3-2-9(15(20)21)6-10(12)19/h2-3,6-8,13H,4-5H2,1H3,(H3,20,21)(H2,22,23)(H,24,27)(H,29,30,31)/t8-,13-/m0/s1. The number of benzene rings is 1. The Kier molecular flexibility index (Phi) is 7.93. The number of amidine groups is 1. The van der Waals surface area contributed by atoms with E-state index in [1.165, 1.54) is 12.3 Å². The molecule has 1 aromatic carbocycles.